The van der Waals surface area contributed by atoms with Crippen molar-refractivity contribution >= 4 is 21.6 Å². The molecule has 0 aromatic heterocycles. The van der Waals surface area contributed by atoms with E-state index < -0.39 is 21.5 Å². The number of fused-ring (bicyclic) bond motifs is 1. The fraction of sp³-hybridized carbons (Fsp3) is 0.269. The van der Waals surface area contributed by atoms with Crippen LogP contribution in [0.5, 0.6) is 11.5 Å². The van der Waals surface area contributed by atoms with Gasteiger partial charge < -0.3 is 19.9 Å². The molecule has 1 aliphatic heterocycles. The van der Waals surface area contributed by atoms with Gasteiger partial charge in [-0.2, -0.15) is 0 Å². The van der Waals surface area contributed by atoms with E-state index in [0.29, 0.717) is 17.2 Å². The molecule has 1 saturated carbocycles. The molecule has 2 aliphatic rings. The Balaban J connectivity index is 1.31. The Bertz CT molecular complexity index is 1360. The number of anilines is 1. The largest absolute Gasteiger partial charge is 0.454 e. The van der Waals surface area contributed by atoms with E-state index in [-0.39, 0.29) is 24.1 Å². The molecule has 3 aromatic carbocycles. The fourth-order valence-corrected chi connectivity index (χ4v) is 5.26. The van der Waals surface area contributed by atoms with Crippen molar-refractivity contribution in [1.82, 2.24) is 4.72 Å². The van der Waals surface area contributed by atoms with Crippen molar-refractivity contribution in [2.24, 2.45) is 0 Å². The third-order valence-corrected chi connectivity index (χ3v) is 7.74. The minimum atomic E-state index is -3.70. The lowest BCUT2D eigenvalue weighted by molar-refractivity contribution is -0.118. The van der Waals surface area contributed by atoms with Gasteiger partial charge in [-0.15, -0.1) is 0 Å². The lowest BCUT2D eigenvalue weighted by atomic mass is 9.94. The first-order chi connectivity index (χ1) is 16.8. The standard InChI is InChI=1S/C26H26N2O6S/c1-17(29)15-27-35(31,32)22-8-5-18(6-9-22)19-3-2-4-21(13-19)28-25(30)26(11-12-26)20-7-10-23-24(14-20)34-16-33-23/h2-10,13-14,17,27,29H,11-12,15-16H2,1H3,(H,28,30)/t17-/m0/s1. The molecule has 1 aliphatic carbocycles. The van der Waals surface area contributed by atoms with E-state index in [4.69, 9.17) is 9.47 Å². The Labute approximate surface area is 203 Å². The molecule has 0 spiro atoms. The number of ether oxygens (including phenoxy) is 2. The van der Waals surface area contributed by atoms with Crippen LogP contribution in [0.2, 0.25) is 0 Å². The number of benzene rings is 3. The average Bonchev–Trinajstić information content (AvgIpc) is 3.54. The van der Waals surface area contributed by atoms with Crippen LogP contribution in [-0.2, 0) is 20.2 Å². The first-order valence-corrected chi connectivity index (χ1v) is 12.8. The van der Waals surface area contributed by atoms with Gasteiger partial charge in [-0.3, -0.25) is 4.79 Å². The molecule has 1 fully saturated rings. The highest BCUT2D eigenvalue weighted by Crippen LogP contribution is 2.51. The second kappa shape index (κ2) is 8.99. The zero-order chi connectivity index (χ0) is 24.6. The number of amides is 1. The number of rotatable bonds is 8. The van der Waals surface area contributed by atoms with Crippen LogP contribution < -0.4 is 19.5 Å². The second-order valence-electron chi connectivity index (χ2n) is 8.91. The molecular weight excluding hydrogens is 468 g/mol. The Kier molecular flexibility index (Phi) is 6.00. The molecule has 35 heavy (non-hydrogen) atoms. The number of nitrogens with one attached hydrogen (secondary N) is 2. The van der Waals surface area contributed by atoms with Crippen LogP contribution in [0.1, 0.15) is 25.3 Å². The van der Waals surface area contributed by atoms with Crippen molar-refractivity contribution in [1.29, 1.82) is 0 Å². The fourth-order valence-electron chi connectivity index (χ4n) is 4.13. The quantitative estimate of drug-likeness (QED) is 0.442. The molecule has 3 N–H and O–H groups in total. The lowest BCUT2D eigenvalue weighted by Crippen LogP contribution is -2.30. The minimum absolute atomic E-state index is 0.0560. The maximum atomic E-state index is 13.2. The van der Waals surface area contributed by atoms with Gasteiger partial charge in [-0.05, 0) is 72.9 Å². The van der Waals surface area contributed by atoms with Crippen molar-refractivity contribution in [3.8, 4) is 22.6 Å². The molecule has 1 amide bonds. The van der Waals surface area contributed by atoms with E-state index in [0.717, 1.165) is 29.5 Å². The van der Waals surface area contributed by atoms with Gasteiger partial charge in [0.15, 0.2) is 11.5 Å². The molecule has 0 saturated heterocycles. The van der Waals surface area contributed by atoms with Gasteiger partial charge in [0.1, 0.15) is 0 Å². The number of aliphatic hydroxyl groups is 1. The third-order valence-electron chi connectivity index (χ3n) is 6.30. The predicted octanol–water partition coefficient (Wildman–Crippen LogP) is 3.41. The smallest absolute Gasteiger partial charge is 0.240 e. The van der Waals surface area contributed by atoms with Crippen molar-refractivity contribution in [3.63, 3.8) is 0 Å². The molecule has 9 heteroatoms. The van der Waals surface area contributed by atoms with Gasteiger partial charge in [0.05, 0.1) is 16.4 Å². The highest BCUT2D eigenvalue weighted by atomic mass is 32.2. The summed E-state index contributed by atoms with van der Waals surface area (Å²) in [7, 11) is -3.70. The summed E-state index contributed by atoms with van der Waals surface area (Å²) in [6.07, 6.45) is 0.746. The summed E-state index contributed by atoms with van der Waals surface area (Å²) in [5, 5.41) is 12.4. The number of aliphatic hydroxyl groups excluding tert-OH is 1. The van der Waals surface area contributed by atoms with Gasteiger partial charge in [0.2, 0.25) is 22.7 Å². The van der Waals surface area contributed by atoms with E-state index in [1.54, 1.807) is 12.1 Å². The van der Waals surface area contributed by atoms with Crippen LogP contribution in [0.4, 0.5) is 5.69 Å². The van der Waals surface area contributed by atoms with Crippen LogP contribution in [0.3, 0.4) is 0 Å². The van der Waals surface area contributed by atoms with E-state index in [2.05, 4.69) is 10.0 Å². The van der Waals surface area contributed by atoms with E-state index in [1.807, 2.05) is 42.5 Å². The van der Waals surface area contributed by atoms with Gasteiger partial charge >= 0.3 is 0 Å². The second-order valence-corrected chi connectivity index (χ2v) is 10.7. The Morgan fingerprint density at radius 3 is 2.46 bits per heavy atom. The molecule has 0 radical (unpaired) electrons. The highest BCUT2D eigenvalue weighted by molar-refractivity contribution is 7.89. The SMILES string of the molecule is C[C@H](O)CNS(=O)(=O)c1ccc(-c2cccc(NC(=O)C3(c4ccc5c(c4)OCO5)CC3)c2)cc1. The Morgan fingerprint density at radius 2 is 1.74 bits per heavy atom. The van der Waals surface area contributed by atoms with Crippen molar-refractivity contribution in [2.75, 3.05) is 18.7 Å². The maximum Gasteiger partial charge on any atom is 0.240 e. The predicted molar refractivity (Wildman–Crippen MR) is 131 cm³/mol. The minimum Gasteiger partial charge on any atom is -0.454 e. The van der Waals surface area contributed by atoms with Crippen LogP contribution >= 0.6 is 0 Å². The summed E-state index contributed by atoms with van der Waals surface area (Å²) in [4.78, 5) is 13.4. The summed E-state index contributed by atoms with van der Waals surface area (Å²) in [6, 6.07) is 19.6. The van der Waals surface area contributed by atoms with E-state index >= 15 is 0 Å². The summed E-state index contributed by atoms with van der Waals surface area (Å²) < 4.78 is 37.9. The molecule has 5 rings (SSSR count). The van der Waals surface area contributed by atoms with Crippen molar-refractivity contribution in [3.05, 3.63) is 72.3 Å². The number of sulfonamides is 1. The van der Waals surface area contributed by atoms with Crippen LogP contribution in [0.25, 0.3) is 11.1 Å². The van der Waals surface area contributed by atoms with Crippen molar-refractivity contribution < 1.29 is 27.8 Å². The highest BCUT2D eigenvalue weighted by Gasteiger charge is 2.51. The molecular formula is C26H26N2O6S. The zero-order valence-electron chi connectivity index (χ0n) is 19.2. The molecule has 0 unspecified atom stereocenters. The lowest BCUT2D eigenvalue weighted by Gasteiger charge is -2.17. The monoisotopic (exact) mass is 494 g/mol. The molecule has 3 aromatic rings. The third kappa shape index (κ3) is 4.75. The van der Waals surface area contributed by atoms with E-state index in [1.165, 1.54) is 19.1 Å². The molecule has 8 nitrogen and oxygen atoms in total. The van der Waals surface area contributed by atoms with Gasteiger partial charge in [0, 0.05) is 12.2 Å². The number of hydrogen-bond donors (Lipinski definition) is 3. The number of hydrogen-bond acceptors (Lipinski definition) is 6. The van der Waals surface area contributed by atoms with Gasteiger partial charge in [-0.25, -0.2) is 13.1 Å². The first kappa shape index (κ1) is 23.3. The van der Waals surface area contributed by atoms with Crippen molar-refractivity contribution in [2.45, 2.75) is 36.2 Å². The summed E-state index contributed by atoms with van der Waals surface area (Å²) in [5.74, 6) is 1.28. The zero-order valence-corrected chi connectivity index (χ0v) is 20.0. The molecule has 1 atom stereocenters. The Hall–Kier alpha value is -3.40. The summed E-state index contributed by atoms with van der Waals surface area (Å²) >= 11 is 0. The van der Waals surface area contributed by atoms with Crippen LogP contribution in [0.15, 0.2) is 71.6 Å². The topological polar surface area (TPSA) is 114 Å². The normalized spacial score (nSPS) is 16.5. The average molecular weight is 495 g/mol. The number of carbonyl (C=O) groups is 1. The maximum absolute atomic E-state index is 13.2. The Morgan fingerprint density at radius 1 is 1.00 bits per heavy atom. The van der Waals surface area contributed by atoms with Gasteiger partial charge in [0.25, 0.3) is 0 Å². The first-order valence-electron chi connectivity index (χ1n) is 11.4. The van der Waals surface area contributed by atoms with E-state index in [9.17, 15) is 18.3 Å². The molecule has 0 bridgehead atoms. The summed E-state index contributed by atoms with van der Waals surface area (Å²) in [6.45, 7) is 1.65. The number of carbonyl (C=O) groups excluding carboxylic acids is 1. The van der Waals surface area contributed by atoms with Gasteiger partial charge in [-0.1, -0.05) is 30.3 Å². The van der Waals surface area contributed by atoms with Crippen LogP contribution in [0, 0.1) is 0 Å². The molecule has 1 heterocycles. The summed E-state index contributed by atoms with van der Waals surface area (Å²) in [5.41, 5.74) is 2.65. The van der Waals surface area contributed by atoms with Crippen LogP contribution in [-0.4, -0.2) is 38.9 Å². The molecule has 182 valence electrons.